The number of para-hydroxylation sites is 2. The van der Waals surface area contributed by atoms with E-state index in [1.54, 1.807) is 86.7 Å². The number of pyridine rings is 2. The zero-order valence-electron chi connectivity index (χ0n) is 46.9. The van der Waals surface area contributed by atoms with Gasteiger partial charge in [0.15, 0.2) is 0 Å². The summed E-state index contributed by atoms with van der Waals surface area (Å²) in [5, 5.41) is 20.0. The Labute approximate surface area is 471 Å². The van der Waals surface area contributed by atoms with E-state index in [4.69, 9.17) is 38.4 Å². The molecule has 0 unspecified atom stereocenters. The fraction of sp³-hybridized carbons (Fsp3) is 0.379. The number of ether oxygens (including phenoxy) is 6. The number of hydrogen-bond donors (Lipinski definition) is 0. The van der Waals surface area contributed by atoms with Crippen LogP contribution in [0, 0.1) is 22.7 Å². The Morgan fingerprint density at radius 2 is 0.988 bits per heavy atom. The smallest absolute Gasteiger partial charge is 0.343 e. The maximum atomic E-state index is 13.1. The van der Waals surface area contributed by atoms with E-state index >= 15 is 0 Å². The first-order chi connectivity index (χ1) is 39.0. The van der Waals surface area contributed by atoms with Gasteiger partial charge in [-0.1, -0.05) is 63.5 Å². The van der Waals surface area contributed by atoms with Crippen molar-refractivity contribution in [3.8, 4) is 23.6 Å². The van der Waals surface area contributed by atoms with E-state index in [1.807, 2.05) is 12.1 Å². The first kappa shape index (κ1) is 61.5. The summed E-state index contributed by atoms with van der Waals surface area (Å²) in [6.07, 6.45) is -2.50. The van der Waals surface area contributed by atoms with Crippen molar-refractivity contribution in [1.29, 1.82) is 10.5 Å². The number of fused-ring (bicyclic) bond motifs is 4. The van der Waals surface area contributed by atoms with E-state index in [0.717, 1.165) is 12.1 Å². The fourth-order valence-corrected chi connectivity index (χ4v) is 10.2. The second-order valence-electron chi connectivity index (χ2n) is 21.4. The number of carbonyl (C=O) groups is 2. The van der Waals surface area contributed by atoms with Crippen LogP contribution in [0.3, 0.4) is 0 Å². The maximum Gasteiger partial charge on any atom is 0.343 e. The van der Waals surface area contributed by atoms with Gasteiger partial charge in [-0.05, 0) is 62.3 Å². The van der Waals surface area contributed by atoms with Crippen LogP contribution in [0.5, 0.6) is 11.5 Å². The quantitative estimate of drug-likeness (QED) is 0.0238. The number of alkyl halides is 4. The third-order valence-corrected chi connectivity index (χ3v) is 16.3. The van der Waals surface area contributed by atoms with Gasteiger partial charge in [-0.15, -0.1) is 0 Å². The van der Waals surface area contributed by atoms with Gasteiger partial charge < -0.3 is 46.7 Å². The Kier molecular flexibility index (Phi) is 20.3. The summed E-state index contributed by atoms with van der Waals surface area (Å²) < 4.78 is 91.3. The zero-order valence-corrected chi connectivity index (χ0v) is 48.9. The summed E-state index contributed by atoms with van der Waals surface area (Å²) in [7, 11) is -2.72. The molecule has 0 N–H and O–H groups in total. The minimum Gasteiger partial charge on any atom is -0.486 e. The predicted molar refractivity (Wildman–Crippen MR) is 307 cm³/mol. The minimum absolute atomic E-state index is 0.00885. The van der Waals surface area contributed by atoms with Gasteiger partial charge in [-0.3, -0.25) is 9.59 Å². The lowest BCUT2D eigenvalue weighted by Crippen LogP contribution is -2.23. The van der Waals surface area contributed by atoms with E-state index in [2.05, 4.69) is 39.3 Å². The number of imidazole rings is 2. The molecule has 0 aliphatic carbocycles. The van der Waals surface area contributed by atoms with Crippen molar-refractivity contribution in [2.24, 2.45) is 0 Å². The van der Waals surface area contributed by atoms with Gasteiger partial charge in [0.2, 0.25) is 10.9 Å². The molecule has 8 aromatic rings. The maximum absolute atomic E-state index is 13.1. The molecule has 0 aliphatic heterocycles. The van der Waals surface area contributed by atoms with Crippen LogP contribution in [-0.4, -0.2) is 109 Å². The summed E-state index contributed by atoms with van der Waals surface area (Å²) in [5.74, 6) is -0.402. The molecular weight excluding hydrogens is 1100 g/mol. The molecule has 4 aromatic carbocycles. The lowest BCUT2D eigenvalue weighted by atomic mass is 10.1. The topological polar surface area (TPSA) is 217 Å². The number of benzene rings is 4. The van der Waals surface area contributed by atoms with Crippen molar-refractivity contribution in [3.05, 3.63) is 140 Å². The Balaban J connectivity index is 0.000000236. The standard InChI is InChI=1S/2C29H32F2N4O5Si/c1-5-39-29(37)21-15-34(23-9-7-6-8-20(23)28(21)36)16-27-33-22-13-25(40-17-26(30)31)19(14-32)12-24(22)35(27)18-38-10-11-41(2,3)4;1-5-39-29(37)21-15-34(23-9-7-6-8-20(23)28(21)36)16-27-33-22-12-19(14-32)25(40-17-26(30)31)13-24(22)35(27)18-38-10-11-41(2,3)4/h2*6-9,12-13,15,26H,5,10-11,16-18H2,1-4H3. The number of aromatic nitrogens is 6. The Morgan fingerprint density at radius 1 is 0.585 bits per heavy atom. The fourth-order valence-electron chi connectivity index (χ4n) is 8.69. The molecule has 0 bridgehead atoms. The average molecular weight is 1170 g/mol. The van der Waals surface area contributed by atoms with E-state index in [1.165, 1.54) is 30.6 Å². The first-order valence-corrected chi connectivity index (χ1v) is 33.9. The van der Waals surface area contributed by atoms with Crippen LogP contribution < -0.4 is 20.3 Å². The molecule has 0 atom stereocenters. The van der Waals surface area contributed by atoms with Gasteiger partial charge in [-0.25, -0.2) is 37.1 Å². The van der Waals surface area contributed by atoms with E-state index < -0.39 is 65.0 Å². The first-order valence-electron chi connectivity index (χ1n) is 26.5. The van der Waals surface area contributed by atoms with Crippen LogP contribution >= 0.6 is 0 Å². The SMILES string of the molecule is CCOC(=O)c1cn(Cc2nc3cc(C#N)c(OCC(F)F)cc3n2COCC[Si](C)(C)C)c2ccccc2c1=O.CCOC(=O)c1cn(Cc2nc3cc(OCC(F)F)c(C#N)cc3n2COCC[Si](C)(C)C)c2ccccc2c1=O. The van der Waals surface area contributed by atoms with E-state index in [-0.39, 0.29) is 73.5 Å². The zero-order chi connectivity index (χ0) is 59.5. The van der Waals surface area contributed by atoms with Crippen molar-refractivity contribution in [2.75, 3.05) is 39.6 Å². The second kappa shape index (κ2) is 27.1. The van der Waals surface area contributed by atoms with Crippen LogP contribution in [-0.2, 0) is 45.5 Å². The summed E-state index contributed by atoms with van der Waals surface area (Å²) in [6, 6.07) is 25.7. The van der Waals surface area contributed by atoms with Crippen LogP contribution in [0.1, 0.15) is 57.3 Å². The third-order valence-electron chi connectivity index (χ3n) is 12.9. The number of rotatable bonds is 24. The Morgan fingerprint density at radius 3 is 1.40 bits per heavy atom. The van der Waals surface area contributed by atoms with Crippen LogP contribution in [0.4, 0.5) is 17.6 Å². The molecule has 82 heavy (non-hydrogen) atoms. The van der Waals surface area contributed by atoms with Crippen molar-refractivity contribution in [1.82, 2.24) is 28.2 Å². The summed E-state index contributed by atoms with van der Waals surface area (Å²) in [4.78, 5) is 60.9. The highest BCUT2D eigenvalue weighted by molar-refractivity contribution is 6.76. The highest BCUT2D eigenvalue weighted by Gasteiger charge is 2.24. The molecule has 4 heterocycles. The van der Waals surface area contributed by atoms with E-state index in [9.17, 15) is 47.3 Å². The predicted octanol–water partition coefficient (Wildman–Crippen LogP) is 10.8. The van der Waals surface area contributed by atoms with Crippen molar-refractivity contribution >= 4 is 72.0 Å². The van der Waals surface area contributed by atoms with Gasteiger partial charge in [-0.2, -0.15) is 10.5 Å². The molecule has 0 aliphatic rings. The molecule has 0 radical (unpaired) electrons. The average Bonchev–Trinajstić information content (AvgIpc) is 3.07. The monoisotopic (exact) mass is 1160 g/mol. The van der Waals surface area contributed by atoms with Crippen molar-refractivity contribution in [3.63, 3.8) is 0 Å². The molecule has 432 valence electrons. The number of esters is 2. The Hall–Kier alpha value is -8.17. The molecule has 0 fully saturated rings. The summed E-state index contributed by atoms with van der Waals surface area (Å²) in [6.45, 7) is 16.9. The lowest BCUT2D eigenvalue weighted by Gasteiger charge is -2.17. The molecule has 24 heteroatoms. The molecule has 0 saturated carbocycles. The lowest BCUT2D eigenvalue weighted by molar-refractivity contribution is 0.0514. The molecular formula is C58H64F4N8O10Si2. The van der Waals surface area contributed by atoms with Gasteiger partial charge in [0.1, 0.15) is 73.1 Å². The Bertz CT molecular complexity index is 3720. The largest absolute Gasteiger partial charge is 0.486 e. The number of halogens is 4. The van der Waals surface area contributed by atoms with Crippen LogP contribution in [0.2, 0.25) is 51.4 Å². The number of carbonyl (C=O) groups excluding carboxylic acids is 2. The third kappa shape index (κ3) is 15.2. The number of nitrogens with zero attached hydrogens (tertiary/aromatic N) is 8. The number of nitriles is 2. The highest BCUT2D eigenvalue weighted by atomic mass is 28.3. The van der Waals surface area contributed by atoms with Crippen LogP contribution in [0.25, 0.3) is 43.9 Å². The van der Waals surface area contributed by atoms with Crippen molar-refractivity contribution < 1.29 is 55.6 Å². The highest BCUT2D eigenvalue weighted by Crippen LogP contribution is 2.30. The minimum atomic E-state index is -2.70. The molecule has 4 aromatic heterocycles. The molecule has 8 rings (SSSR count). The summed E-state index contributed by atoms with van der Waals surface area (Å²) >= 11 is 0. The van der Waals surface area contributed by atoms with E-state index in [0.29, 0.717) is 68.7 Å². The van der Waals surface area contributed by atoms with Crippen LogP contribution in [0.15, 0.2) is 94.8 Å². The molecule has 18 nitrogen and oxygen atoms in total. The number of hydrogen-bond acceptors (Lipinski definition) is 14. The summed E-state index contributed by atoms with van der Waals surface area (Å²) in [5.41, 5.74) is 2.23. The van der Waals surface area contributed by atoms with Gasteiger partial charge in [0, 0.05) is 64.7 Å². The van der Waals surface area contributed by atoms with Gasteiger partial charge in [0.25, 0.3) is 12.9 Å². The molecule has 0 spiro atoms. The van der Waals surface area contributed by atoms with Gasteiger partial charge >= 0.3 is 11.9 Å². The van der Waals surface area contributed by atoms with Gasteiger partial charge in [0.05, 0.1) is 70.5 Å². The second-order valence-corrected chi connectivity index (χ2v) is 32.6. The molecule has 0 amide bonds. The van der Waals surface area contributed by atoms with Crippen molar-refractivity contribution in [2.45, 2.75) is 105 Å². The molecule has 0 saturated heterocycles. The normalized spacial score (nSPS) is 11.8.